The van der Waals surface area contributed by atoms with Crippen molar-refractivity contribution in [1.82, 2.24) is 4.90 Å². The Morgan fingerprint density at radius 2 is 1.86 bits per heavy atom. The molecule has 1 aromatic rings. The van der Waals surface area contributed by atoms with Crippen LogP contribution < -0.4 is 0 Å². The van der Waals surface area contributed by atoms with Crippen molar-refractivity contribution in [3.05, 3.63) is 23.8 Å². The third kappa shape index (κ3) is 2.64. The highest BCUT2D eigenvalue weighted by Crippen LogP contribution is 2.28. The summed E-state index contributed by atoms with van der Waals surface area (Å²) in [4.78, 5) is 2.09. The van der Waals surface area contributed by atoms with E-state index in [9.17, 15) is 5.11 Å². The molecule has 0 saturated heterocycles. The monoisotopic (exact) mass is 195 g/mol. The van der Waals surface area contributed by atoms with Crippen LogP contribution in [-0.4, -0.2) is 35.8 Å². The van der Waals surface area contributed by atoms with Gasteiger partial charge in [0, 0.05) is 6.54 Å². The Kier molecular flexibility index (Phi) is 3.36. The van der Waals surface area contributed by atoms with Crippen molar-refractivity contribution in [2.45, 2.75) is 12.8 Å². The van der Waals surface area contributed by atoms with Gasteiger partial charge < -0.3 is 15.1 Å². The molecule has 78 valence electrons. The Morgan fingerprint density at radius 3 is 2.36 bits per heavy atom. The van der Waals surface area contributed by atoms with E-state index >= 15 is 0 Å². The molecule has 0 amide bonds. The number of aromatic hydroxyl groups is 2. The molecule has 1 unspecified atom stereocenters. The van der Waals surface area contributed by atoms with Gasteiger partial charge in [-0.3, -0.25) is 0 Å². The van der Waals surface area contributed by atoms with E-state index in [0.717, 1.165) is 12.1 Å². The van der Waals surface area contributed by atoms with Crippen LogP contribution in [0.1, 0.15) is 18.4 Å². The molecular formula is C11H17NO2. The fourth-order valence-corrected chi connectivity index (χ4v) is 1.50. The zero-order valence-corrected chi connectivity index (χ0v) is 8.86. The molecule has 0 saturated carbocycles. The van der Waals surface area contributed by atoms with Gasteiger partial charge in [0.1, 0.15) is 0 Å². The SMILES string of the molecule is CC(CN(C)C)c1ccc(O)c(O)c1. The highest BCUT2D eigenvalue weighted by Gasteiger charge is 2.08. The zero-order valence-electron chi connectivity index (χ0n) is 8.86. The van der Waals surface area contributed by atoms with Crippen molar-refractivity contribution in [1.29, 1.82) is 0 Å². The summed E-state index contributed by atoms with van der Waals surface area (Å²) in [6, 6.07) is 4.98. The fraction of sp³-hybridized carbons (Fsp3) is 0.455. The van der Waals surface area contributed by atoms with Crippen LogP contribution in [0.4, 0.5) is 0 Å². The van der Waals surface area contributed by atoms with Crippen molar-refractivity contribution >= 4 is 0 Å². The van der Waals surface area contributed by atoms with E-state index in [-0.39, 0.29) is 11.5 Å². The minimum absolute atomic E-state index is 0.0480. The average molecular weight is 195 g/mol. The molecule has 0 aliphatic carbocycles. The van der Waals surface area contributed by atoms with E-state index in [1.165, 1.54) is 6.07 Å². The standard InChI is InChI=1S/C11H17NO2/c1-8(7-12(2)3)9-4-5-10(13)11(14)6-9/h4-6,8,13-14H,7H2,1-3H3. The van der Waals surface area contributed by atoms with Crippen molar-refractivity contribution in [3.8, 4) is 11.5 Å². The van der Waals surface area contributed by atoms with E-state index in [0.29, 0.717) is 5.92 Å². The second-order valence-corrected chi connectivity index (χ2v) is 3.91. The molecule has 0 spiro atoms. The molecule has 0 radical (unpaired) electrons. The van der Waals surface area contributed by atoms with Gasteiger partial charge in [0.05, 0.1) is 0 Å². The first kappa shape index (κ1) is 10.9. The van der Waals surface area contributed by atoms with Gasteiger partial charge in [-0.2, -0.15) is 0 Å². The molecule has 0 bridgehead atoms. The van der Waals surface area contributed by atoms with Gasteiger partial charge in [-0.05, 0) is 37.7 Å². The van der Waals surface area contributed by atoms with E-state index in [1.54, 1.807) is 6.07 Å². The Balaban J connectivity index is 2.80. The molecule has 1 rings (SSSR count). The van der Waals surface area contributed by atoms with Crippen LogP contribution in [0.25, 0.3) is 0 Å². The van der Waals surface area contributed by atoms with Gasteiger partial charge in [-0.25, -0.2) is 0 Å². The van der Waals surface area contributed by atoms with Gasteiger partial charge in [-0.1, -0.05) is 13.0 Å². The van der Waals surface area contributed by atoms with Crippen LogP contribution in [0, 0.1) is 0 Å². The summed E-state index contributed by atoms with van der Waals surface area (Å²) < 4.78 is 0. The molecule has 3 nitrogen and oxygen atoms in total. The second-order valence-electron chi connectivity index (χ2n) is 3.91. The van der Waals surface area contributed by atoms with Gasteiger partial charge in [-0.15, -0.1) is 0 Å². The fourth-order valence-electron chi connectivity index (χ4n) is 1.50. The van der Waals surface area contributed by atoms with E-state index in [4.69, 9.17) is 5.11 Å². The number of benzene rings is 1. The molecule has 0 aliphatic rings. The van der Waals surface area contributed by atoms with Gasteiger partial charge >= 0.3 is 0 Å². The van der Waals surface area contributed by atoms with Crippen LogP contribution in [0.5, 0.6) is 11.5 Å². The Morgan fingerprint density at radius 1 is 1.21 bits per heavy atom. The third-order valence-electron chi connectivity index (χ3n) is 2.21. The van der Waals surface area contributed by atoms with Gasteiger partial charge in [0.2, 0.25) is 0 Å². The summed E-state index contributed by atoms with van der Waals surface area (Å²) in [5, 5.41) is 18.5. The Labute approximate surface area is 84.6 Å². The quantitative estimate of drug-likeness (QED) is 0.722. The van der Waals surface area contributed by atoms with E-state index < -0.39 is 0 Å². The molecule has 1 atom stereocenters. The van der Waals surface area contributed by atoms with E-state index in [1.807, 2.05) is 20.2 Å². The second kappa shape index (κ2) is 4.33. The number of hydrogen-bond donors (Lipinski definition) is 2. The molecule has 0 fully saturated rings. The largest absolute Gasteiger partial charge is 0.504 e. The molecule has 0 aliphatic heterocycles. The smallest absolute Gasteiger partial charge is 0.157 e. The predicted molar refractivity (Wildman–Crippen MR) is 56.7 cm³/mol. The highest BCUT2D eigenvalue weighted by atomic mass is 16.3. The molecule has 14 heavy (non-hydrogen) atoms. The number of nitrogens with zero attached hydrogens (tertiary/aromatic N) is 1. The summed E-state index contributed by atoms with van der Waals surface area (Å²) in [6.45, 7) is 3.01. The first-order valence-electron chi connectivity index (χ1n) is 4.67. The van der Waals surface area contributed by atoms with Gasteiger partial charge in [0.25, 0.3) is 0 Å². The lowest BCUT2D eigenvalue weighted by atomic mass is 10.0. The molecule has 2 N–H and O–H groups in total. The lowest BCUT2D eigenvalue weighted by Crippen LogP contribution is -2.18. The summed E-state index contributed by atoms with van der Waals surface area (Å²) >= 11 is 0. The molecule has 3 heteroatoms. The van der Waals surface area contributed by atoms with Crippen molar-refractivity contribution in [2.75, 3.05) is 20.6 Å². The van der Waals surface area contributed by atoms with Crippen molar-refractivity contribution < 1.29 is 10.2 Å². The maximum absolute atomic E-state index is 9.32. The third-order valence-corrected chi connectivity index (χ3v) is 2.21. The maximum Gasteiger partial charge on any atom is 0.157 e. The summed E-state index contributed by atoms with van der Waals surface area (Å²) in [5.74, 6) is 0.232. The number of phenolic OH excluding ortho intramolecular Hbond substituents is 2. The van der Waals surface area contributed by atoms with Crippen LogP contribution in [0.3, 0.4) is 0 Å². The summed E-state index contributed by atoms with van der Waals surface area (Å²) in [5.41, 5.74) is 1.04. The first-order chi connectivity index (χ1) is 6.50. The average Bonchev–Trinajstić information content (AvgIpc) is 2.08. The highest BCUT2D eigenvalue weighted by molar-refractivity contribution is 5.41. The number of hydrogen-bond acceptors (Lipinski definition) is 3. The number of phenols is 2. The lowest BCUT2D eigenvalue weighted by Gasteiger charge is -2.17. The minimum atomic E-state index is -0.0641. The lowest BCUT2D eigenvalue weighted by molar-refractivity contribution is 0.379. The molecule has 0 aromatic heterocycles. The predicted octanol–water partition coefficient (Wildman–Crippen LogP) is 1.76. The number of rotatable bonds is 3. The Hall–Kier alpha value is -1.22. The topological polar surface area (TPSA) is 43.7 Å². The van der Waals surface area contributed by atoms with Crippen LogP contribution >= 0.6 is 0 Å². The van der Waals surface area contributed by atoms with Crippen LogP contribution in [0.15, 0.2) is 18.2 Å². The van der Waals surface area contributed by atoms with E-state index in [2.05, 4.69) is 11.8 Å². The zero-order chi connectivity index (χ0) is 10.7. The minimum Gasteiger partial charge on any atom is -0.504 e. The normalized spacial score (nSPS) is 13.1. The number of likely N-dealkylation sites (N-methyl/N-ethyl adjacent to an activating group) is 1. The van der Waals surface area contributed by atoms with Crippen molar-refractivity contribution in [2.24, 2.45) is 0 Å². The summed E-state index contributed by atoms with van der Waals surface area (Å²) in [7, 11) is 4.02. The summed E-state index contributed by atoms with van der Waals surface area (Å²) in [6.07, 6.45) is 0. The van der Waals surface area contributed by atoms with Gasteiger partial charge in [0.15, 0.2) is 11.5 Å². The van der Waals surface area contributed by atoms with Crippen LogP contribution in [0.2, 0.25) is 0 Å². The van der Waals surface area contributed by atoms with Crippen LogP contribution in [-0.2, 0) is 0 Å². The molecule has 1 aromatic carbocycles. The molecule has 0 heterocycles. The maximum atomic E-state index is 9.32. The van der Waals surface area contributed by atoms with Crippen molar-refractivity contribution in [3.63, 3.8) is 0 Å². The Bertz CT molecular complexity index is 310. The first-order valence-corrected chi connectivity index (χ1v) is 4.67. The molecular weight excluding hydrogens is 178 g/mol.